The summed E-state index contributed by atoms with van der Waals surface area (Å²) in [5.74, 6) is 0.250. The zero-order chi connectivity index (χ0) is 30.0. The SMILES string of the molecule is [B]C([B])([B])NC(=O)c1nnc(NC(=O)C2CC2)cc1Nc1cccc(-c2nc(CN3C[C@@H](C)O[C@@H](C)C3)no2)c1OC. The summed E-state index contributed by atoms with van der Waals surface area (Å²) in [5.41, 5.74) is 0.957. The molecule has 0 spiro atoms. The normalized spacial score (nSPS) is 19.2. The number of hydrogen-bond donors (Lipinski definition) is 3. The van der Waals surface area contributed by atoms with E-state index in [9.17, 15) is 9.59 Å². The van der Waals surface area contributed by atoms with Crippen molar-refractivity contribution in [3.05, 3.63) is 35.8 Å². The van der Waals surface area contributed by atoms with E-state index >= 15 is 0 Å². The molecule has 2 atom stereocenters. The minimum Gasteiger partial charge on any atom is -0.494 e. The number of nitrogens with one attached hydrogen (secondary N) is 3. The van der Waals surface area contributed by atoms with Crippen LogP contribution in [0.5, 0.6) is 5.75 Å². The molecule has 3 N–H and O–H groups in total. The molecule has 13 nitrogen and oxygen atoms in total. The average Bonchev–Trinajstić information content (AvgIpc) is 3.66. The van der Waals surface area contributed by atoms with Gasteiger partial charge in [-0.1, -0.05) is 16.5 Å². The predicted molar refractivity (Wildman–Crippen MR) is 156 cm³/mol. The van der Waals surface area contributed by atoms with Crippen LogP contribution < -0.4 is 20.7 Å². The van der Waals surface area contributed by atoms with Crippen LogP contribution in [0.2, 0.25) is 0 Å². The van der Waals surface area contributed by atoms with Gasteiger partial charge < -0.3 is 29.9 Å². The molecule has 5 rings (SSSR count). The van der Waals surface area contributed by atoms with Gasteiger partial charge >= 0.3 is 0 Å². The zero-order valence-electron chi connectivity index (χ0n) is 23.6. The van der Waals surface area contributed by atoms with Crippen LogP contribution in [0.3, 0.4) is 0 Å². The maximum absolute atomic E-state index is 12.9. The molecule has 2 aromatic heterocycles. The fourth-order valence-electron chi connectivity index (χ4n) is 4.76. The number of benzene rings is 1. The Labute approximate surface area is 247 Å². The lowest BCUT2D eigenvalue weighted by molar-refractivity contribution is -0.117. The maximum Gasteiger partial charge on any atom is 0.272 e. The number of carbonyl (C=O) groups is 2. The lowest BCUT2D eigenvalue weighted by Crippen LogP contribution is -2.50. The van der Waals surface area contributed by atoms with Crippen LogP contribution in [0, 0.1) is 5.92 Å². The summed E-state index contributed by atoms with van der Waals surface area (Å²) in [6.07, 6.45) is 1.83. The number of amides is 2. The highest BCUT2D eigenvalue weighted by Crippen LogP contribution is 2.38. The van der Waals surface area contributed by atoms with Crippen LogP contribution in [0.4, 0.5) is 17.2 Å². The second kappa shape index (κ2) is 12.1. The monoisotopic (exact) mass is 566 g/mol. The zero-order valence-corrected chi connectivity index (χ0v) is 23.6. The Morgan fingerprint density at radius 1 is 1.12 bits per heavy atom. The van der Waals surface area contributed by atoms with Crippen molar-refractivity contribution in [3.63, 3.8) is 0 Å². The number of nitrogens with zero attached hydrogens (tertiary/aromatic N) is 5. The highest BCUT2D eigenvalue weighted by molar-refractivity contribution is 6.60. The van der Waals surface area contributed by atoms with E-state index in [2.05, 4.69) is 41.2 Å². The molecule has 1 saturated heterocycles. The summed E-state index contributed by atoms with van der Waals surface area (Å²) in [6.45, 7) is 6.08. The van der Waals surface area contributed by atoms with Crippen molar-refractivity contribution >= 4 is 52.5 Å². The van der Waals surface area contributed by atoms with Gasteiger partial charge in [-0.15, -0.1) is 10.2 Å². The van der Waals surface area contributed by atoms with Crippen molar-refractivity contribution in [2.45, 2.75) is 50.7 Å². The molecule has 3 aromatic rings. The highest BCUT2D eigenvalue weighted by Gasteiger charge is 2.30. The number of methoxy groups -OCH3 is 1. The summed E-state index contributed by atoms with van der Waals surface area (Å²) in [6, 6.07) is 6.71. The molecule has 0 unspecified atom stereocenters. The number of ether oxygens (including phenoxy) is 2. The molecule has 42 heavy (non-hydrogen) atoms. The standard InChI is InChI=1S/C26H29B3N8O5/c1-13-10-37(11-14(2)41-13)12-20-32-25(42-36-20)16-5-4-6-17(22(16)40-3)30-18-9-19(31-23(38)15-7-8-15)34-35-21(18)24(39)33-26(27,28)29/h4-6,9,13-15H,7-8,10-12H2,1-3H3,(H,33,39)(H2,30,31,34,38)/t13-,14+. The molecule has 6 radical (unpaired) electrons. The van der Waals surface area contributed by atoms with Gasteiger partial charge in [0, 0.05) is 25.1 Å². The summed E-state index contributed by atoms with van der Waals surface area (Å²) in [4.78, 5) is 32.1. The van der Waals surface area contributed by atoms with Crippen molar-refractivity contribution < 1.29 is 23.6 Å². The molecule has 212 valence electrons. The van der Waals surface area contributed by atoms with E-state index in [1.807, 2.05) is 13.8 Å². The first-order valence-corrected chi connectivity index (χ1v) is 13.5. The molecular weight excluding hydrogens is 537 g/mol. The number of anilines is 3. The van der Waals surface area contributed by atoms with Gasteiger partial charge in [0.25, 0.3) is 11.8 Å². The van der Waals surface area contributed by atoms with Crippen molar-refractivity contribution in [3.8, 4) is 17.2 Å². The molecule has 1 saturated carbocycles. The highest BCUT2D eigenvalue weighted by atomic mass is 16.5. The number of hydrogen-bond acceptors (Lipinski definition) is 11. The Kier molecular flexibility index (Phi) is 8.55. The molecule has 1 aromatic carbocycles. The first-order valence-electron chi connectivity index (χ1n) is 13.5. The predicted octanol–water partition coefficient (Wildman–Crippen LogP) is 1.08. The number of aromatic nitrogens is 4. The Morgan fingerprint density at radius 2 is 1.86 bits per heavy atom. The van der Waals surface area contributed by atoms with Gasteiger partial charge in [0.15, 0.2) is 23.1 Å². The van der Waals surface area contributed by atoms with Crippen LogP contribution in [0.1, 0.15) is 43.0 Å². The Bertz CT molecular complexity index is 1450. The largest absolute Gasteiger partial charge is 0.494 e. The third kappa shape index (κ3) is 7.29. The number of morpholine rings is 1. The van der Waals surface area contributed by atoms with Gasteiger partial charge in [-0.2, -0.15) is 4.98 Å². The fraction of sp³-hybridized carbons (Fsp3) is 0.462. The van der Waals surface area contributed by atoms with E-state index in [4.69, 9.17) is 37.5 Å². The topological polar surface area (TPSA) is 157 Å². The van der Waals surface area contributed by atoms with E-state index in [1.54, 1.807) is 18.2 Å². The molecule has 2 aliphatic rings. The van der Waals surface area contributed by atoms with E-state index in [1.165, 1.54) is 13.2 Å². The number of carbonyl (C=O) groups excluding carboxylic acids is 2. The average molecular weight is 566 g/mol. The molecule has 3 heterocycles. The summed E-state index contributed by atoms with van der Waals surface area (Å²) >= 11 is 0. The molecule has 2 fully saturated rings. The van der Waals surface area contributed by atoms with Crippen LogP contribution in [0.15, 0.2) is 28.8 Å². The molecule has 1 aliphatic carbocycles. The minimum absolute atomic E-state index is 0.0651. The first kappa shape index (κ1) is 29.6. The van der Waals surface area contributed by atoms with Crippen LogP contribution in [-0.4, -0.2) is 98.2 Å². The van der Waals surface area contributed by atoms with Crippen molar-refractivity contribution in [2.75, 3.05) is 30.8 Å². The van der Waals surface area contributed by atoms with E-state index in [0.717, 1.165) is 25.9 Å². The lowest BCUT2D eigenvalue weighted by atomic mass is 9.49. The van der Waals surface area contributed by atoms with E-state index in [0.29, 0.717) is 29.4 Å². The van der Waals surface area contributed by atoms with Crippen molar-refractivity contribution in [1.82, 2.24) is 30.6 Å². The van der Waals surface area contributed by atoms with Gasteiger partial charge in [0.2, 0.25) is 5.91 Å². The molecular formula is C26H29B3N8O5. The number of rotatable bonds is 10. The van der Waals surface area contributed by atoms with Gasteiger partial charge in [0.1, 0.15) is 0 Å². The summed E-state index contributed by atoms with van der Waals surface area (Å²) in [5, 5.41) is 18.2. The number of para-hydroxylation sites is 1. The van der Waals surface area contributed by atoms with Gasteiger partial charge in [0.05, 0.1) is 66.3 Å². The molecule has 1 aliphatic heterocycles. The summed E-state index contributed by atoms with van der Waals surface area (Å²) < 4.78 is 17.1. The first-order chi connectivity index (χ1) is 20.0. The molecule has 0 bridgehead atoms. The second-order valence-electron chi connectivity index (χ2n) is 10.6. The Balaban J connectivity index is 1.42. The lowest BCUT2D eigenvalue weighted by Gasteiger charge is -2.34. The van der Waals surface area contributed by atoms with Crippen LogP contribution in [-0.2, 0) is 16.1 Å². The van der Waals surface area contributed by atoms with Crippen molar-refractivity contribution in [1.29, 1.82) is 0 Å². The van der Waals surface area contributed by atoms with Gasteiger partial charge in [-0.25, -0.2) is 0 Å². The smallest absolute Gasteiger partial charge is 0.272 e. The third-order valence-corrected chi connectivity index (χ3v) is 6.59. The van der Waals surface area contributed by atoms with E-state index in [-0.39, 0.29) is 47.1 Å². The van der Waals surface area contributed by atoms with E-state index < -0.39 is 11.1 Å². The van der Waals surface area contributed by atoms with Crippen LogP contribution in [0.25, 0.3) is 11.5 Å². The Morgan fingerprint density at radius 3 is 2.52 bits per heavy atom. The van der Waals surface area contributed by atoms with Gasteiger partial charge in [-0.05, 0) is 38.8 Å². The quantitative estimate of drug-likeness (QED) is 0.302. The third-order valence-electron chi connectivity index (χ3n) is 6.59. The van der Waals surface area contributed by atoms with Gasteiger partial charge in [-0.3, -0.25) is 14.5 Å². The minimum atomic E-state index is -2.00. The summed E-state index contributed by atoms with van der Waals surface area (Å²) in [7, 11) is 18.2. The fourth-order valence-corrected chi connectivity index (χ4v) is 4.76. The van der Waals surface area contributed by atoms with Crippen molar-refractivity contribution in [2.24, 2.45) is 5.92 Å². The van der Waals surface area contributed by atoms with Crippen LogP contribution >= 0.6 is 0 Å². The maximum atomic E-state index is 12.9. The second-order valence-corrected chi connectivity index (χ2v) is 10.6. The molecule has 2 amide bonds. The Hall–Kier alpha value is -3.91. The molecule has 16 heteroatoms.